The van der Waals surface area contributed by atoms with Gasteiger partial charge in [-0.3, -0.25) is 9.52 Å². The van der Waals surface area contributed by atoms with E-state index in [0.29, 0.717) is 28.3 Å². The molecular weight excluding hydrogens is 376 g/mol. The van der Waals surface area contributed by atoms with Crippen LogP contribution in [0.1, 0.15) is 15.9 Å². The Morgan fingerprint density at radius 1 is 0.929 bits per heavy atom. The summed E-state index contributed by atoms with van der Waals surface area (Å²) in [6.07, 6.45) is 0. The highest BCUT2D eigenvalue weighted by Gasteiger charge is 2.16. The number of benzene rings is 3. The molecule has 1 amide bonds. The quantitative estimate of drug-likeness (QED) is 0.658. The van der Waals surface area contributed by atoms with E-state index in [2.05, 4.69) is 10.0 Å². The van der Waals surface area contributed by atoms with Gasteiger partial charge >= 0.3 is 0 Å². The number of methoxy groups -OCH3 is 1. The Morgan fingerprint density at radius 2 is 1.61 bits per heavy atom. The van der Waals surface area contributed by atoms with E-state index in [1.165, 1.54) is 18.2 Å². The molecule has 0 aliphatic carbocycles. The van der Waals surface area contributed by atoms with Crippen molar-refractivity contribution in [3.05, 3.63) is 83.9 Å². The molecule has 0 fully saturated rings. The van der Waals surface area contributed by atoms with E-state index in [-0.39, 0.29) is 10.8 Å². The van der Waals surface area contributed by atoms with Gasteiger partial charge < -0.3 is 10.1 Å². The molecule has 2 N–H and O–H groups in total. The Morgan fingerprint density at radius 3 is 2.25 bits per heavy atom. The number of hydrogen-bond acceptors (Lipinski definition) is 4. The molecule has 0 saturated heterocycles. The van der Waals surface area contributed by atoms with E-state index >= 15 is 0 Å². The smallest absolute Gasteiger partial charge is 0.261 e. The van der Waals surface area contributed by atoms with E-state index in [9.17, 15) is 13.2 Å². The first kappa shape index (κ1) is 19.4. The molecule has 0 aromatic heterocycles. The number of hydrogen-bond donors (Lipinski definition) is 2. The first-order chi connectivity index (χ1) is 13.4. The van der Waals surface area contributed by atoms with Gasteiger partial charge in [-0.15, -0.1) is 0 Å². The predicted molar refractivity (Wildman–Crippen MR) is 109 cm³/mol. The van der Waals surface area contributed by atoms with Gasteiger partial charge in [0.2, 0.25) is 0 Å². The van der Waals surface area contributed by atoms with E-state index in [1.807, 2.05) is 0 Å². The van der Waals surface area contributed by atoms with Gasteiger partial charge in [0.1, 0.15) is 5.75 Å². The van der Waals surface area contributed by atoms with Crippen molar-refractivity contribution < 1.29 is 17.9 Å². The van der Waals surface area contributed by atoms with Crippen molar-refractivity contribution in [2.24, 2.45) is 0 Å². The van der Waals surface area contributed by atoms with Gasteiger partial charge in [0.05, 0.1) is 17.7 Å². The molecule has 28 heavy (non-hydrogen) atoms. The molecule has 6 nitrogen and oxygen atoms in total. The first-order valence-electron chi connectivity index (χ1n) is 8.53. The zero-order chi connectivity index (χ0) is 20.1. The van der Waals surface area contributed by atoms with E-state index < -0.39 is 10.0 Å². The van der Waals surface area contributed by atoms with Crippen molar-refractivity contribution in [1.82, 2.24) is 0 Å². The Hall–Kier alpha value is -3.32. The molecule has 144 valence electrons. The molecule has 0 heterocycles. The lowest BCUT2D eigenvalue weighted by atomic mass is 10.1. The van der Waals surface area contributed by atoms with Crippen LogP contribution in [0.3, 0.4) is 0 Å². The first-order valence-corrected chi connectivity index (χ1v) is 10.0. The third-order valence-electron chi connectivity index (χ3n) is 4.15. The average Bonchev–Trinajstić information content (AvgIpc) is 2.70. The summed E-state index contributed by atoms with van der Waals surface area (Å²) in [4.78, 5) is 12.7. The highest BCUT2D eigenvalue weighted by molar-refractivity contribution is 7.92. The average molecular weight is 396 g/mol. The summed E-state index contributed by atoms with van der Waals surface area (Å²) < 4.78 is 32.8. The van der Waals surface area contributed by atoms with Gasteiger partial charge in [-0.25, -0.2) is 8.42 Å². The third kappa shape index (κ3) is 4.50. The second kappa shape index (κ2) is 8.14. The van der Waals surface area contributed by atoms with Crippen LogP contribution in [0.15, 0.2) is 77.7 Å². The summed E-state index contributed by atoms with van der Waals surface area (Å²) >= 11 is 0. The molecule has 0 spiro atoms. The number of rotatable bonds is 6. The zero-order valence-corrected chi connectivity index (χ0v) is 16.3. The van der Waals surface area contributed by atoms with Gasteiger partial charge in [-0.1, -0.05) is 24.3 Å². The molecule has 0 unspecified atom stereocenters. The highest BCUT2D eigenvalue weighted by Crippen LogP contribution is 2.22. The maximum absolute atomic E-state index is 12.6. The van der Waals surface area contributed by atoms with Crippen molar-refractivity contribution in [3.8, 4) is 5.75 Å². The second-order valence-electron chi connectivity index (χ2n) is 6.13. The number of aryl methyl sites for hydroxylation is 1. The topological polar surface area (TPSA) is 84.5 Å². The number of amides is 1. The Labute approximate surface area is 164 Å². The summed E-state index contributed by atoms with van der Waals surface area (Å²) in [6.45, 7) is 1.77. The minimum Gasteiger partial charge on any atom is -0.497 e. The number of carbonyl (C=O) groups excluding carboxylic acids is 1. The number of nitrogens with one attached hydrogen (secondary N) is 2. The number of sulfonamides is 1. The van der Waals surface area contributed by atoms with Crippen molar-refractivity contribution in [1.29, 1.82) is 0 Å². The standard InChI is InChI=1S/C21H20N2O4S/c1-15-8-9-16(21(24)22-17-10-12-18(27-2)13-11-17)14-20(15)23-28(25,26)19-6-4-3-5-7-19/h3-14,23H,1-2H3,(H,22,24). The summed E-state index contributed by atoms with van der Waals surface area (Å²) in [5, 5.41) is 2.78. The number of carbonyl (C=O) groups is 1. The van der Waals surface area contributed by atoms with Gasteiger partial charge in [-0.05, 0) is 61.0 Å². The molecule has 0 bridgehead atoms. The minimum absolute atomic E-state index is 0.155. The molecule has 0 radical (unpaired) electrons. The zero-order valence-electron chi connectivity index (χ0n) is 15.5. The predicted octanol–water partition coefficient (Wildman–Crippen LogP) is 4.06. The summed E-state index contributed by atoms with van der Waals surface area (Å²) in [6, 6.07) is 19.9. The molecule has 7 heteroatoms. The van der Waals surface area contributed by atoms with Crippen molar-refractivity contribution >= 4 is 27.3 Å². The third-order valence-corrected chi connectivity index (χ3v) is 5.53. The Bertz CT molecular complexity index is 1080. The maximum atomic E-state index is 12.6. The molecule has 0 aliphatic rings. The molecule has 0 saturated carbocycles. The lowest BCUT2D eigenvalue weighted by molar-refractivity contribution is 0.102. The fourth-order valence-corrected chi connectivity index (χ4v) is 3.70. The van der Waals surface area contributed by atoms with Crippen LogP contribution in [0, 0.1) is 6.92 Å². The Kier molecular flexibility index (Phi) is 5.65. The highest BCUT2D eigenvalue weighted by atomic mass is 32.2. The maximum Gasteiger partial charge on any atom is 0.261 e. The summed E-state index contributed by atoms with van der Waals surface area (Å²) in [7, 11) is -2.17. The molecular formula is C21H20N2O4S. The van der Waals surface area contributed by atoms with Crippen LogP contribution in [0.25, 0.3) is 0 Å². The Balaban J connectivity index is 1.81. The lowest BCUT2D eigenvalue weighted by Crippen LogP contribution is -2.16. The molecule has 0 atom stereocenters. The van der Waals surface area contributed by atoms with Gasteiger partial charge in [-0.2, -0.15) is 0 Å². The van der Waals surface area contributed by atoms with E-state index in [0.717, 1.165) is 0 Å². The molecule has 3 aromatic rings. The van der Waals surface area contributed by atoms with E-state index in [1.54, 1.807) is 68.6 Å². The van der Waals surface area contributed by atoms with Crippen molar-refractivity contribution in [2.45, 2.75) is 11.8 Å². The molecule has 3 aromatic carbocycles. The van der Waals surface area contributed by atoms with Crippen LogP contribution >= 0.6 is 0 Å². The van der Waals surface area contributed by atoms with Crippen LogP contribution in [-0.2, 0) is 10.0 Å². The van der Waals surface area contributed by atoms with Crippen LogP contribution in [-0.4, -0.2) is 21.4 Å². The molecule has 0 aliphatic heterocycles. The largest absolute Gasteiger partial charge is 0.497 e. The van der Waals surface area contributed by atoms with Crippen molar-refractivity contribution in [3.63, 3.8) is 0 Å². The number of ether oxygens (including phenoxy) is 1. The SMILES string of the molecule is COc1ccc(NC(=O)c2ccc(C)c(NS(=O)(=O)c3ccccc3)c2)cc1. The van der Waals surface area contributed by atoms with Crippen LogP contribution in [0.4, 0.5) is 11.4 Å². The van der Waals surface area contributed by atoms with Gasteiger partial charge in [0, 0.05) is 11.3 Å². The molecule has 3 rings (SSSR count). The van der Waals surface area contributed by atoms with Crippen molar-refractivity contribution in [2.75, 3.05) is 17.1 Å². The fourth-order valence-electron chi connectivity index (χ4n) is 2.55. The second-order valence-corrected chi connectivity index (χ2v) is 7.81. The fraction of sp³-hybridized carbons (Fsp3) is 0.0952. The van der Waals surface area contributed by atoms with Crippen LogP contribution < -0.4 is 14.8 Å². The normalized spacial score (nSPS) is 10.9. The number of anilines is 2. The monoisotopic (exact) mass is 396 g/mol. The van der Waals surface area contributed by atoms with Gasteiger partial charge in [0.25, 0.3) is 15.9 Å². The summed E-state index contributed by atoms with van der Waals surface area (Å²) in [5.74, 6) is 0.344. The minimum atomic E-state index is -3.74. The van der Waals surface area contributed by atoms with Crippen LogP contribution in [0.5, 0.6) is 5.75 Å². The lowest BCUT2D eigenvalue weighted by Gasteiger charge is -2.13. The van der Waals surface area contributed by atoms with Gasteiger partial charge in [0.15, 0.2) is 0 Å². The van der Waals surface area contributed by atoms with Crippen LogP contribution in [0.2, 0.25) is 0 Å². The summed E-state index contributed by atoms with van der Waals surface area (Å²) in [5.41, 5.74) is 2.01. The van der Waals surface area contributed by atoms with E-state index in [4.69, 9.17) is 4.74 Å².